The van der Waals surface area contributed by atoms with E-state index in [0.29, 0.717) is 17.3 Å². The summed E-state index contributed by atoms with van der Waals surface area (Å²) >= 11 is 0. The molecule has 1 unspecified atom stereocenters. The highest BCUT2D eigenvalue weighted by Crippen LogP contribution is 2.22. The number of piperidine rings is 1. The van der Waals surface area contributed by atoms with Gasteiger partial charge in [-0.3, -0.25) is 14.7 Å². The minimum absolute atomic E-state index is 0.0764. The molecule has 5 heteroatoms. The monoisotopic (exact) mass is 274 g/mol. The van der Waals surface area contributed by atoms with Crippen LogP contribution in [0.2, 0.25) is 0 Å². The summed E-state index contributed by atoms with van der Waals surface area (Å²) in [6, 6.07) is 2.29. The van der Waals surface area contributed by atoms with Crippen molar-refractivity contribution in [2.75, 3.05) is 31.9 Å². The molecule has 0 bridgehead atoms. The van der Waals surface area contributed by atoms with Crippen LogP contribution in [0.3, 0.4) is 0 Å². The van der Waals surface area contributed by atoms with E-state index in [1.807, 2.05) is 11.8 Å². The zero-order valence-electron chi connectivity index (χ0n) is 12.0. The van der Waals surface area contributed by atoms with Crippen molar-refractivity contribution in [2.24, 2.45) is 0 Å². The van der Waals surface area contributed by atoms with E-state index < -0.39 is 0 Å². The number of piperazine rings is 1. The molecule has 3 rings (SSSR count). The molecule has 0 aromatic carbocycles. The van der Waals surface area contributed by atoms with Gasteiger partial charge in [-0.15, -0.1) is 0 Å². The van der Waals surface area contributed by atoms with Crippen LogP contribution in [0.25, 0.3) is 0 Å². The van der Waals surface area contributed by atoms with E-state index in [-0.39, 0.29) is 5.91 Å². The minimum atomic E-state index is 0.0764. The van der Waals surface area contributed by atoms with E-state index in [1.165, 1.54) is 25.8 Å². The number of carbonyl (C=O) groups excluding carboxylic acids is 1. The normalized spacial score (nSPS) is 23.4. The molecule has 0 radical (unpaired) electrons. The molecule has 0 spiro atoms. The molecular formula is C15H22N4O. The maximum Gasteiger partial charge on any atom is 0.255 e. The van der Waals surface area contributed by atoms with E-state index >= 15 is 0 Å². The molecule has 1 aromatic rings. The van der Waals surface area contributed by atoms with Gasteiger partial charge in [0.25, 0.3) is 5.91 Å². The van der Waals surface area contributed by atoms with Crippen LogP contribution in [0, 0.1) is 6.92 Å². The van der Waals surface area contributed by atoms with Crippen LogP contribution in [-0.2, 0) is 0 Å². The molecule has 2 saturated heterocycles. The van der Waals surface area contributed by atoms with Crippen molar-refractivity contribution in [3.63, 3.8) is 0 Å². The standard InChI is InChI=1S/C15H22N4O/c1-11-14(8-12(16)9-17-11)15(20)19-7-6-18-5-3-2-4-13(18)10-19/h8-9,13H,2-7,10,16H2,1H3. The molecule has 0 aliphatic carbocycles. The Hall–Kier alpha value is -1.62. The highest BCUT2D eigenvalue weighted by molar-refractivity contribution is 5.96. The first-order valence-corrected chi connectivity index (χ1v) is 7.40. The number of rotatable bonds is 1. The van der Waals surface area contributed by atoms with Gasteiger partial charge in [0, 0.05) is 25.7 Å². The molecule has 20 heavy (non-hydrogen) atoms. The highest BCUT2D eigenvalue weighted by atomic mass is 16.2. The number of hydrogen-bond acceptors (Lipinski definition) is 4. The smallest absolute Gasteiger partial charge is 0.255 e. The second-order valence-electron chi connectivity index (χ2n) is 5.84. The Bertz CT molecular complexity index is 517. The second-order valence-corrected chi connectivity index (χ2v) is 5.84. The number of aryl methyl sites for hydroxylation is 1. The van der Waals surface area contributed by atoms with E-state index in [9.17, 15) is 4.79 Å². The number of aromatic nitrogens is 1. The molecule has 1 amide bonds. The third kappa shape index (κ3) is 2.50. The SMILES string of the molecule is Cc1ncc(N)cc1C(=O)N1CCN2CCCCC2C1. The van der Waals surface area contributed by atoms with Gasteiger partial charge < -0.3 is 10.6 Å². The molecular weight excluding hydrogens is 252 g/mol. The lowest BCUT2D eigenvalue weighted by atomic mass is 9.99. The van der Waals surface area contributed by atoms with Crippen LogP contribution in [0.1, 0.15) is 35.3 Å². The van der Waals surface area contributed by atoms with Crippen LogP contribution in [0.15, 0.2) is 12.3 Å². The van der Waals surface area contributed by atoms with Crippen molar-refractivity contribution in [2.45, 2.75) is 32.2 Å². The second kappa shape index (κ2) is 5.40. The van der Waals surface area contributed by atoms with Gasteiger partial charge in [-0.1, -0.05) is 6.42 Å². The van der Waals surface area contributed by atoms with Gasteiger partial charge in [0.05, 0.1) is 23.1 Å². The van der Waals surface area contributed by atoms with Crippen LogP contribution >= 0.6 is 0 Å². The molecule has 1 atom stereocenters. The molecule has 108 valence electrons. The summed E-state index contributed by atoms with van der Waals surface area (Å²) in [7, 11) is 0. The lowest BCUT2D eigenvalue weighted by molar-refractivity contribution is 0.0371. The molecule has 0 saturated carbocycles. The highest BCUT2D eigenvalue weighted by Gasteiger charge is 2.31. The number of nitrogen functional groups attached to an aromatic ring is 1. The van der Waals surface area contributed by atoms with Gasteiger partial charge >= 0.3 is 0 Å². The number of carbonyl (C=O) groups is 1. The quantitative estimate of drug-likeness (QED) is 0.838. The summed E-state index contributed by atoms with van der Waals surface area (Å²) in [6.45, 7) is 5.69. The summed E-state index contributed by atoms with van der Waals surface area (Å²) in [5.41, 5.74) is 7.72. The fourth-order valence-corrected chi connectivity index (χ4v) is 3.28. The third-order valence-corrected chi connectivity index (χ3v) is 4.46. The predicted molar refractivity (Wildman–Crippen MR) is 78.5 cm³/mol. The van der Waals surface area contributed by atoms with E-state index in [0.717, 1.165) is 25.3 Å². The number of nitrogens with two attached hydrogens (primary N) is 1. The average molecular weight is 274 g/mol. The summed E-state index contributed by atoms with van der Waals surface area (Å²) < 4.78 is 0. The predicted octanol–water partition coefficient (Wildman–Crippen LogP) is 1.28. The Morgan fingerprint density at radius 1 is 1.35 bits per heavy atom. The zero-order chi connectivity index (χ0) is 14.1. The van der Waals surface area contributed by atoms with E-state index in [2.05, 4.69) is 9.88 Å². The van der Waals surface area contributed by atoms with Gasteiger partial charge in [-0.25, -0.2) is 0 Å². The van der Waals surface area contributed by atoms with Crippen molar-refractivity contribution < 1.29 is 4.79 Å². The Morgan fingerprint density at radius 2 is 2.20 bits per heavy atom. The van der Waals surface area contributed by atoms with Crippen LogP contribution < -0.4 is 5.73 Å². The fraction of sp³-hybridized carbons (Fsp3) is 0.600. The topological polar surface area (TPSA) is 62.5 Å². The van der Waals surface area contributed by atoms with Gasteiger partial charge in [0.1, 0.15) is 0 Å². The summed E-state index contributed by atoms with van der Waals surface area (Å²) in [5.74, 6) is 0.0764. The number of pyridine rings is 1. The fourth-order valence-electron chi connectivity index (χ4n) is 3.28. The molecule has 2 aliphatic heterocycles. The summed E-state index contributed by atoms with van der Waals surface area (Å²) in [4.78, 5) is 21.3. The van der Waals surface area contributed by atoms with Crippen molar-refractivity contribution in [1.29, 1.82) is 0 Å². The largest absolute Gasteiger partial charge is 0.397 e. The number of anilines is 1. The van der Waals surface area contributed by atoms with Crippen LogP contribution in [-0.4, -0.2) is 52.9 Å². The van der Waals surface area contributed by atoms with Gasteiger partial charge in [0.15, 0.2) is 0 Å². The minimum Gasteiger partial charge on any atom is -0.397 e. The number of nitrogens with zero attached hydrogens (tertiary/aromatic N) is 3. The van der Waals surface area contributed by atoms with E-state index in [4.69, 9.17) is 5.73 Å². The van der Waals surface area contributed by atoms with Crippen molar-refractivity contribution >= 4 is 11.6 Å². The first-order valence-electron chi connectivity index (χ1n) is 7.40. The lowest BCUT2D eigenvalue weighted by Gasteiger charge is -2.44. The number of hydrogen-bond donors (Lipinski definition) is 1. The molecule has 3 heterocycles. The number of amides is 1. The molecule has 2 N–H and O–H groups in total. The first-order chi connectivity index (χ1) is 9.65. The number of fused-ring (bicyclic) bond motifs is 1. The molecule has 2 aliphatic rings. The maximum absolute atomic E-state index is 12.7. The van der Waals surface area contributed by atoms with Crippen molar-refractivity contribution in [3.8, 4) is 0 Å². The Kier molecular flexibility index (Phi) is 3.61. The zero-order valence-corrected chi connectivity index (χ0v) is 12.0. The Morgan fingerprint density at radius 3 is 3.05 bits per heavy atom. The summed E-state index contributed by atoms with van der Waals surface area (Å²) in [6.07, 6.45) is 5.38. The van der Waals surface area contributed by atoms with Gasteiger partial charge in [-0.05, 0) is 32.4 Å². The van der Waals surface area contributed by atoms with Crippen LogP contribution in [0.5, 0.6) is 0 Å². The van der Waals surface area contributed by atoms with E-state index in [1.54, 1.807) is 12.3 Å². The molecule has 1 aromatic heterocycles. The van der Waals surface area contributed by atoms with Crippen molar-refractivity contribution in [3.05, 3.63) is 23.5 Å². The maximum atomic E-state index is 12.7. The van der Waals surface area contributed by atoms with Gasteiger partial charge in [-0.2, -0.15) is 0 Å². The average Bonchev–Trinajstić information content (AvgIpc) is 2.48. The third-order valence-electron chi connectivity index (χ3n) is 4.46. The van der Waals surface area contributed by atoms with Crippen LogP contribution in [0.4, 0.5) is 5.69 Å². The van der Waals surface area contributed by atoms with Crippen molar-refractivity contribution in [1.82, 2.24) is 14.8 Å². The first kappa shape index (κ1) is 13.4. The van der Waals surface area contributed by atoms with Gasteiger partial charge in [0.2, 0.25) is 0 Å². The Labute approximate surface area is 119 Å². The summed E-state index contributed by atoms with van der Waals surface area (Å²) in [5, 5.41) is 0. The molecule has 5 nitrogen and oxygen atoms in total. The Balaban J connectivity index is 1.76. The lowest BCUT2D eigenvalue weighted by Crippen LogP contribution is -2.56. The molecule has 2 fully saturated rings.